The smallest absolute Gasteiger partial charge is 0.288 e. The van der Waals surface area contributed by atoms with Gasteiger partial charge in [-0.1, -0.05) is 24.3 Å². The van der Waals surface area contributed by atoms with E-state index in [0.29, 0.717) is 0 Å². The summed E-state index contributed by atoms with van der Waals surface area (Å²) in [5, 5.41) is 0.392. The molecule has 0 bridgehead atoms. The van der Waals surface area contributed by atoms with E-state index in [1.54, 1.807) is 6.07 Å². The van der Waals surface area contributed by atoms with Crippen LogP contribution in [0.3, 0.4) is 0 Å². The molecule has 4 rings (SSSR count). The molecule has 2 aromatic carbocycles. The fourth-order valence-corrected chi connectivity index (χ4v) is 5.20. The second-order valence-corrected chi connectivity index (χ2v) is 9.85. The van der Waals surface area contributed by atoms with Crippen LogP contribution in [0, 0.1) is 5.82 Å². The van der Waals surface area contributed by atoms with Crippen LogP contribution in [0.25, 0.3) is 0 Å². The number of benzene rings is 2. The van der Waals surface area contributed by atoms with Crippen molar-refractivity contribution in [2.45, 2.75) is 10.3 Å². The number of amides is 3. The van der Waals surface area contributed by atoms with Gasteiger partial charge in [0, 0.05) is 31.7 Å². The van der Waals surface area contributed by atoms with Crippen LogP contribution in [0.2, 0.25) is 0 Å². The average Bonchev–Trinajstić information content (AvgIpc) is 3.42. The molecular formula is C24H22FN3O6S. The maximum absolute atomic E-state index is 13.5. The van der Waals surface area contributed by atoms with E-state index < -0.39 is 38.7 Å². The van der Waals surface area contributed by atoms with Crippen LogP contribution in [0.4, 0.5) is 4.39 Å². The molecule has 9 nitrogen and oxygen atoms in total. The van der Waals surface area contributed by atoms with Crippen molar-refractivity contribution in [3.05, 3.63) is 90.1 Å². The van der Waals surface area contributed by atoms with Gasteiger partial charge in [0.1, 0.15) is 5.82 Å². The monoisotopic (exact) mass is 499 g/mol. The molecule has 0 radical (unpaired) electrons. The highest BCUT2D eigenvalue weighted by atomic mass is 32.2. The molecule has 1 saturated heterocycles. The Hall–Kier alpha value is -3.99. The molecule has 1 aliphatic heterocycles. The number of halogens is 1. The highest BCUT2D eigenvalue weighted by Crippen LogP contribution is 2.19. The van der Waals surface area contributed by atoms with Crippen LogP contribution in [-0.4, -0.2) is 67.5 Å². The summed E-state index contributed by atoms with van der Waals surface area (Å²) in [6.45, 7) is 0.311. The molecule has 11 heteroatoms. The van der Waals surface area contributed by atoms with Crippen LogP contribution in [-0.2, 0) is 14.6 Å². The van der Waals surface area contributed by atoms with Crippen molar-refractivity contribution in [3.8, 4) is 0 Å². The lowest BCUT2D eigenvalue weighted by Gasteiger charge is -2.36. The molecule has 1 aliphatic rings. The second kappa shape index (κ2) is 10.1. The Morgan fingerprint density at radius 1 is 0.886 bits per heavy atom. The van der Waals surface area contributed by atoms with Gasteiger partial charge in [0.25, 0.3) is 17.7 Å². The van der Waals surface area contributed by atoms with Crippen LogP contribution in [0.15, 0.2) is 82.3 Å². The quantitative estimate of drug-likeness (QED) is 0.554. The number of carbonyl (C=O) groups is 3. The fraction of sp³-hybridized carbons (Fsp3) is 0.208. The van der Waals surface area contributed by atoms with Gasteiger partial charge < -0.3 is 19.5 Å². The molecule has 0 spiro atoms. The zero-order chi connectivity index (χ0) is 25.0. The molecule has 1 fully saturated rings. The zero-order valence-electron chi connectivity index (χ0n) is 18.5. The van der Waals surface area contributed by atoms with Gasteiger partial charge in [0.05, 0.1) is 11.2 Å². The van der Waals surface area contributed by atoms with Crippen molar-refractivity contribution in [2.24, 2.45) is 0 Å². The third-order valence-corrected chi connectivity index (χ3v) is 7.43. The normalized spacial score (nSPS) is 14.9. The molecule has 1 N–H and O–H groups in total. The predicted molar refractivity (Wildman–Crippen MR) is 122 cm³/mol. The van der Waals surface area contributed by atoms with Crippen LogP contribution in [0.5, 0.6) is 0 Å². The molecule has 3 amide bonds. The van der Waals surface area contributed by atoms with Gasteiger partial charge in [-0.25, -0.2) is 12.8 Å². The lowest BCUT2D eigenvalue weighted by molar-refractivity contribution is -0.132. The van der Waals surface area contributed by atoms with Gasteiger partial charge in [-0.15, -0.1) is 0 Å². The van der Waals surface area contributed by atoms with Crippen molar-refractivity contribution < 1.29 is 31.6 Å². The molecule has 1 atom stereocenters. The van der Waals surface area contributed by atoms with Crippen molar-refractivity contribution in [3.63, 3.8) is 0 Å². The number of hydrogen-bond donors (Lipinski definition) is 1. The Labute approximate surface area is 201 Å². The first-order valence-electron chi connectivity index (χ1n) is 10.7. The summed E-state index contributed by atoms with van der Waals surface area (Å²) in [6, 6.07) is 15.4. The number of nitrogens with one attached hydrogen (secondary N) is 1. The zero-order valence-corrected chi connectivity index (χ0v) is 19.3. The molecular weight excluding hydrogens is 477 g/mol. The first-order chi connectivity index (χ1) is 16.8. The van der Waals surface area contributed by atoms with Gasteiger partial charge in [-0.2, -0.15) is 0 Å². The minimum atomic E-state index is -4.30. The molecule has 3 aromatic rings. The number of furan rings is 1. The van der Waals surface area contributed by atoms with Gasteiger partial charge in [0.2, 0.25) is 15.2 Å². The highest BCUT2D eigenvalue weighted by molar-refractivity contribution is 7.92. The molecule has 2 heterocycles. The molecule has 1 unspecified atom stereocenters. The Morgan fingerprint density at radius 2 is 1.57 bits per heavy atom. The molecule has 1 aromatic heterocycles. The molecule has 35 heavy (non-hydrogen) atoms. The summed E-state index contributed by atoms with van der Waals surface area (Å²) >= 11 is 0. The van der Waals surface area contributed by atoms with E-state index in [0.717, 1.165) is 6.07 Å². The topological polar surface area (TPSA) is 117 Å². The second-order valence-electron chi connectivity index (χ2n) is 7.82. The van der Waals surface area contributed by atoms with Crippen LogP contribution in [0.1, 0.15) is 20.9 Å². The average molecular weight is 500 g/mol. The Balaban J connectivity index is 1.52. The summed E-state index contributed by atoms with van der Waals surface area (Å²) < 4.78 is 45.2. The molecule has 0 aliphatic carbocycles. The van der Waals surface area contributed by atoms with E-state index in [1.807, 2.05) is 0 Å². The van der Waals surface area contributed by atoms with Crippen molar-refractivity contribution >= 4 is 27.6 Å². The molecule has 182 valence electrons. The maximum Gasteiger partial charge on any atom is 0.288 e. The third-order valence-electron chi connectivity index (χ3n) is 5.56. The largest absolute Gasteiger partial charge is 0.459 e. The van der Waals surface area contributed by atoms with Gasteiger partial charge in [0.15, 0.2) is 5.76 Å². The minimum absolute atomic E-state index is 0.0390. The van der Waals surface area contributed by atoms with Crippen molar-refractivity contribution in [2.75, 3.05) is 26.2 Å². The lowest BCUT2D eigenvalue weighted by Crippen LogP contribution is -2.57. The van der Waals surface area contributed by atoms with E-state index in [1.165, 1.54) is 70.7 Å². The van der Waals surface area contributed by atoms with Crippen LogP contribution >= 0.6 is 0 Å². The number of nitrogens with zero attached hydrogens (tertiary/aromatic N) is 2. The Kier molecular flexibility index (Phi) is 6.97. The van der Waals surface area contributed by atoms with E-state index in [9.17, 15) is 27.2 Å². The molecule has 0 saturated carbocycles. The van der Waals surface area contributed by atoms with Crippen LogP contribution < -0.4 is 5.32 Å². The van der Waals surface area contributed by atoms with Gasteiger partial charge in [-0.05, 0) is 42.5 Å². The summed E-state index contributed by atoms with van der Waals surface area (Å²) in [7, 11) is -4.30. The summed E-state index contributed by atoms with van der Waals surface area (Å²) in [5.74, 6) is -2.75. The summed E-state index contributed by atoms with van der Waals surface area (Å²) in [5.41, 5.74) is 0.181. The Morgan fingerprint density at radius 3 is 2.20 bits per heavy atom. The van der Waals surface area contributed by atoms with Crippen molar-refractivity contribution in [1.82, 2.24) is 15.1 Å². The summed E-state index contributed by atoms with van der Waals surface area (Å²) in [6.07, 6.45) is 1.26. The first-order valence-corrected chi connectivity index (χ1v) is 12.3. The maximum atomic E-state index is 13.5. The van der Waals surface area contributed by atoms with Gasteiger partial charge >= 0.3 is 0 Å². The predicted octanol–water partition coefficient (Wildman–Crippen LogP) is 1.93. The minimum Gasteiger partial charge on any atom is -0.459 e. The standard InChI is InChI=1S/C24H22FN3O6S/c25-18-7-4-6-17(16-18)23(30)27-11-13-28(14-12-27)24(31)22(26-21(29)20-10-5-15-34-20)35(32,33)19-8-2-1-3-9-19/h1-10,15-16,22H,11-14H2,(H,26,29). The van der Waals surface area contributed by atoms with Gasteiger partial charge in [-0.3, -0.25) is 14.4 Å². The van der Waals surface area contributed by atoms with E-state index in [2.05, 4.69) is 5.32 Å². The number of piperazine rings is 1. The van der Waals surface area contributed by atoms with E-state index in [-0.39, 0.29) is 42.4 Å². The number of sulfone groups is 1. The van der Waals surface area contributed by atoms with Crippen molar-refractivity contribution in [1.29, 1.82) is 0 Å². The third kappa shape index (κ3) is 5.24. The summed E-state index contributed by atoms with van der Waals surface area (Å²) in [4.78, 5) is 41.2. The SMILES string of the molecule is O=C(NC(C(=O)N1CCN(C(=O)c2cccc(F)c2)CC1)S(=O)(=O)c1ccccc1)c1ccco1. The Bertz CT molecular complexity index is 1320. The lowest BCUT2D eigenvalue weighted by atomic mass is 10.1. The fourth-order valence-electron chi connectivity index (χ4n) is 3.72. The number of hydrogen-bond acceptors (Lipinski definition) is 6. The number of carbonyl (C=O) groups excluding carboxylic acids is 3. The van der Waals surface area contributed by atoms with E-state index >= 15 is 0 Å². The van der Waals surface area contributed by atoms with E-state index in [4.69, 9.17) is 4.42 Å². The highest BCUT2D eigenvalue weighted by Gasteiger charge is 2.40. The number of rotatable bonds is 6. The first kappa shape index (κ1) is 24.1.